The minimum Gasteiger partial charge on any atom is -0.495 e. The Hall–Kier alpha value is -1.67. The number of hydrogen-bond acceptors (Lipinski definition) is 5. The van der Waals surface area contributed by atoms with E-state index in [1.807, 2.05) is 0 Å². The molecule has 2 aromatic rings. The SMILES string of the molecule is COc1ccc(S(=O)(=O)Nc2cccc(Cl)c2C)cc1N1CCNCC1.Cl. The molecule has 9 heteroatoms. The molecule has 0 aliphatic carbocycles. The van der Waals surface area contributed by atoms with Gasteiger partial charge < -0.3 is 15.0 Å². The van der Waals surface area contributed by atoms with Crippen molar-refractivity contribution < 1.29 is 13.2 Å². The fourth-order valence-corrected chi connectivity index (χ4v) is 4.23. The van der Waals surface area contributed by atoms with Crippen LogP contribution in [-0.2, 0) is 10.0 Å². The lowest BCUT2D eigenvalue weighted by Gasteiger charge is -2.30. The van der Waals surface area contributed by atoms with Crippen LogP contribution in [0.3, 0.4) is 0 Å². The van der Waals surface area contributed by atoms with Crippen molar-refractivity contribution >= 4 is 45.4 Å². The summed E-state index contributed by atoms with van der Waals surface area (Å²) in [5.41, 5.74) is 1.94. The molecular weight excluding hydrogens is 409 g/mol. The van der Waals surface area contributed by atoms with Gasteiger partial charge in [-0.25, -0.2) is 8.42 Å². The second-order valence-electron chi connectivity index (χ2n) is 6.09. The fourth-order valence-electron chi connectivity index (χ4n) is 2.91. The Balaban J connectivity index is 0.00000261. The van der Waals surface area contributed by atoms with Crippen LogP contribution in [0.25, 0.3) is 0 Å². The lowest BCUT2D eigenvalue weighted by molar-refractivity contribution is 0.412. The Kier molecular flexibility index (Phi) is 7.22. The number of sulfonamides is 1. The summed E-state index contributed by atoms with van der Waals surface area (Å²) in [5, 5.41) is 3.80. The van der Waals surface area contributed by atoms with Crippen LogP contribution in [0.1, 0.15) is 5.56 Å². The number of anilines is 2. The maximum atomic E-state index is 12.9. The number of nitrogens with zero attached hydrogens (tertiary/aromatic N) is 1. The summed E-state index contributed by atoms with van der Waals surface area (Å²) in [6, 6.07) is 10.0. The minimum atomic E-state index is -3.75. The van der Waals surface area contributed by atoms with E-state index < -0.39 is 10.0 Å². The van der Waals surface area contributed by atoms with Gasteiger partial charge in [-0.2, -0.15) is 0 Å². The van der Waals surface area contributed by atoms with Gasteiger partial charge in [-0.05, 0) is 42.8 Å². The standard InChI is InChI=1S/C18H22ClN3O3S.ClH/c1-13-15(19)4-3-5-16(13)21-26(23,24)14-6-7-18(25-2)17(12-14)22-10-8-20-9-11-22;/h3-7,12,20-21H,8-11H2,1-2H3;1H. The summed E-state index contributed by atoms with van der Waals surface area (Å²) in [4.78, 5) is 2.31. The van der Waals surface area contributed by atoms with Crippen molar-refractivity contribution in [3.8, 4) is 5.75 Å². The van der Waals surface area contributed by atoms with Crippen LogP contribution >= 0.6 is 24.0 Å². The largest absolute Gasteiger partial charge is 0.495 e. The highest BCUT2D eigenvalue weighted by Crippen LogP contribution is 2.32. The van der Waals surface area contributed by atoms with Gasteiger partial charge in [-0.1, -0.05) is 17.7 Å². The molecule has 2 aromatic carbocycles. The van der Waals surface area contributed by atoms with Crippen molar-refractivity contribution in [2.75, 3.05) is 42.9 Å². The molecule has 1 fully saturated rings. The molecule has 0 amide bonds. The first-order valence-electron chi connectivity index (χ1n) is 8.34. The van der Waals surface area contributed by atoms with E-state index in [4.69, 9.17) is 16.3 Å². The van der Waals surface area contributed by atoms with Gasteiger partial charge in [-0.3, -0.25) is 4.72 Å². The van der Waals surface area contributed by atoms with Crippen LogP contribution in [-0.4, -0.2) is 41.7 Å². The third-order valence-corrected chi connectivity index (χ3v) is 6.20. The molecule has 148 valence electrons. The molecule has 27 heavy (non-hydrogen) atoms. The molecule has 2 N–H and O–H groups in total. The van der Waals surface area contributed by atoms with Gasteiger partial charge in [-0.15, -0.1) is 12.4 Å². The first-order chi connectivity index (χ1) is 12.4. The lowest BCUT2D eigenvalue weighted by Crippen LogP contribution is -2.43. The average molecular weight is 432 g/mol. The Morgan fingerprint density at radius 3 is 2.56 bits per heavy atom. The number of halogens is 2. The highest BCUT2D eigenvalue weighted by Gasteiger charge is 2.21. The number of rotatable bonds is 5. The normalized spacial score (nSPS) is 14.4. The van der Waals surface area contributed by atoms with Crippen LogP contribution < -0.4 is 19.7 Å². The van der Waals surface area contributed by atoms with Crippen molar-refractivity contribution in [1.82, 2.24) is 5.32 Å². The van der Waals surface area contributed by atoms with E-state index in [0.29, 0.717) is 22.0 Å². The summed E-state index contributed by atoms with van der Waals surface area (Å²) >= 11 is 6.09. The van der Waals surface area contributed by atoms with Crippen LogP contribution in [0.15, 0.2) is 41.3 Å². The number of nitrogens with one attached hydrogen (secondary N) is 2. The van der Waals surface area contributed by atoms with Crippen molar-refractivity contribution in [3.05, 3.63) is 47.0 Å². The molecule has 0 spiro atoms. The molecule has 0 saturated carbocycles. The highest BCUT2D eigenvalue weighted by atomic mass is 35.5. The molecule has 1 aliphatic rings. The zero-order chi connectivity index (χ0) is 18.7. The predicted molar refractivity (Wildman–Crippen MR) is 112 cm³/mol. The average Bonchev–Trinajstić information content (AvgIpc) is 2.65. The molecule has 0 aromatic heterocycles. The Labute approximate surface area is 171 Å². The summed E-state index contributed by atoms with van der Waals surface area (Å²) in [6.45, 7) is 5.06. The van der Waals surface area contributed by atoms with E-state index in [-0.39, 0.29) is 17.3 Å². The van der Waals surface area contributed by atoms with E-state index in [9.17, 15) is 8.42 Å². The zero-order valence-corrected chi connectivity index (χ0v) is 17.5. The Morgan fingerprint density at radius 2 is 1.89 bits per heavy atom. The summed E-state index contributed by atoms with van der Waals surface area (Å²) in [6.07, 6.45) is 0. The molecule has 0 bridgehead atoms. The number of methoxy groups -OCH3 is 1. The van der Waals surface area contributed by atoms with Crippen molar-refractivity contribution in [1.29, 1.82) is 0 Å². The molecule has 1 aliphatic heterocycles. The smallest absolute Gasteiger partial charge is 0.261 e. The van der Waals surface area contributed by atoms with E-state index in [2.05, 4.69) is 14.9 Å². The second-order valence-corrected chi connectivity index (χ2v) is 8.18. The van der Waals surface area contributed by atoms with Crippen molar-refractivity contribution in [2.24, 2.45) is 0 Å². The van der Waals surface area contributed by atoms with Gasteiger partial charge in [0.2, 0.25) is 0 Å². The summed E-state index contributed by atoms with van der Waals surface area (Å²) in [5.74, 6) is 0.657. The minimum absolute atomic E-state index is 0. The molecule has 1 saturated heterocycles. The van der Waals surface area contributed by atoms with Gasteiger partial charge in [0.25, 0.3) is 10.0 Å². The molecule has 1 heterocycles. The first kappa shape index (κ1) is 21.6. The molecule has 0 radical (unpaired) electrons. The van der Waals surface area contributed by atoms with Gasteiger partial charge in [0.15, 0.2) is 0 Å². The number of benzene rings is 2. The number of piperazine rings is 1. The van der Waals surface area contributed by atoms with Crippen LogP contribution in [0.5, 0.6) is 5.75 Å². The van der Waals surface area contributed by atoms with Crippen LogP contribution in [0.2, 0.25) is 5.02 Å². The molecule has 6 nitrogen and oxygen atoms in total. The lowest BCUT2D eigenvalue weighted by atomic mass is 10.2. The van der Waals surface area contributed by atoms with Crippen molar-refractivity contribution in [3.63, 3.8) is 0 Å². The monoisotopic (exact) mass is 431 g/mol. The quantitative estimate of drug-likeness (QED) is 0.759. The fraction of sp³-hybridized carbons (Fsp3) is 0.333. The zero-order valence-electron chi connectivity index (χ0n) is 15.2. The highest BCUT2D eigenvalue weighted by molar-refractivity contribution is 7.92. The van der Waals surface area contributed by atoms with E-state index in [1.54, 1.807) is 50.4 Å². The maximum Gasteiger partial charge on any atom is 0.261 e. The van der Waals surface area contributed by atoms with Gasteiger partial charge in [0.05, 0.1) is 23.4 Å². The van der Waals surface area contributed by atoms with E-state index in [0.717, 1.165) is 31.9 Å². The van der Waals surface area contributed by atoms with Crippen molar-refractivity contribution in [2.45, 2.75) is 11.8 Å². The van der Waals surface area contributed by atoms with Gasteiger partial charge >= 0.3 is 0 Å². The molecule has 3 rings (SSSR count). The molecular formula is C18H23Cl2N3O3S. The second kappa shape index (κ2) is 9.01. The molecule has 0 atom stereocenters. The van der Waals surface area contributed by atoms with Crippen LogP contribution in [0, 0.1) is 6.92 Å². The molecule has 0 unspecified atom stereocenters. The van der Waals surface area contributed by atoms with Crippen LogP contribution in [0.4, 0.5) is 11.4 Å². The Morgan fingerprint density at radius 1 is 1.19 bits per heavy atom. The number of ether oxygens (including phenoxy) is 1. The summed E-state index contributed by atoms with van der Waals surface area (Å²) < 4.78 is 33.8. The topological polar surface area (TPSA) is 70.7 Å². The third kappa shape index (κ3) is 4.79. The first-order valence-corrected chi connectivity index (χ1v) is 10.2. The predicted octanol–water partition coefficient (Wildman–Crippen LogP) is 3.29. The number of hydrogen-bond donors (Lipinski definition) is 2. The third-order valence-electron chi connectivity index (χ3n) is 4.43. The van der Waals surface area contributed by atoms with Gasteiger partial charge in [0.1, 0.15) is 5.75 Å². The van der Waals surface area contributed by atoms with E-state index >= 15 is 0 Å². The van der Waals surface area contributed by atoms with Gasteiger partial charge in [0, 0.05) is 31.2 Å². The maximum absolute atomic E-state index is 12.9. The summed E-state index contributed by atoms with van der Waals surface area (Å²) in [7, 11) is -2.16. The Bertz CT molecular complexity index is 901. The van der Waals surface area contributed by atoms with E-state index in [1.165, 1.54) is 0 Å².